The Bertz CT molecular complexity index is 808. The molecule has 0 radical (unpaired) electrons. The van der Waals surface area contributed by atoms with Gasteiger partial charge >= 0.3 is 0 Å². The molecule has 0 saturated heterocycles. The number of ether oxygens (including phenoxy) is 1. The summed E-state index contributed by atoms with van der Waals surface area (Å²) in [7, 11) is 0. The zero-order valence-electron chi connectivity index (χ0n) is 13.6. The molecule has 5 heteroatoms. The molecule has 0 unspecified atom stereocenters. The fourth-order valence-electron chi connectivity index (χ4n) is 2.36. The molecule has 0 bridgehead atoms. The first-order chi connectivity index (χ1) is 12.2. The van der Waals surface area contributed by atoms with Gasteiger partial charge in [0.05, 0.1) is 0 Å². The van der Waals surface area contributed by atoms with Crippen LogP contribution in [0, 0.1) is 0 Å². The number of hydrogen-bond donors (Lipinski definition) is 1. The molecule has 3 rings (SSSR count). The summed E-state index contributed by atoms with van der Waals surface area (Å²) in [6.07, 6.45) is 3.64. The highest BCUT2D eigenvalue weighted by Crippen LogP contribution is 2.22. The molecule has 128 valence electrons. The van der Waals surface area contributed by atoms with Crippen molar-refractivity contribution in [3.05, 3.63) is 93.7 Å². The first kappa shape index (κ1) is 17.7. The lowest BCUT2D eigenvalue weighted by Gasteiger charge is -2.09. The molecular formula is C20H18Cl2N2O. The SMILES string of the molecule is Clc1ccc(COc2ccc(CNCc3cccnc3)cc2)c(Cl)c1. The third-order valence-corrected chi connectivity index (χ3v) is 4.30. The van der Waals surface area contributed by atoms with Crippen LogP contribution in [-0.2, 0) is 19.7 Å². The summed E-state index contributed by atoms with van der Waals surface area (Å²) in [5, 5.41) is 4.63. The fraction of sp³-hybridized carbons (Fsp3) is 0.150. The first-order valence-corrected chi connectivity index (χ1v) is 8.71. The van der Waals surface area contributed by atoms with Gasteiger partial charge in [0.25, 0.3) is 0 Å². The molecule has 3 aromatic rings. The average molecular weight is 373 g/mol. The molecule has 1 heterocycles. The Morgan fingerprint density at radius 1 is 0.920 bits per heavy atom. The van der Waals surface area contributed by atoms with Crippen molar-refractivity contribution < 1.29 is 4.74 Å². The normalized spacial score (nSPS) is 10.6. The quantitative estimate of drug-likeness (QED) is 0.614. The molecule has 0 fully saturated rings. The van der Waals surface area contributed by atoms with Gasteiger partial charge in [0.2, 0.25) is 0 Å². The summed E-state index contributed by atoms with van der Waals surface area (Å²) in [6.45, 7) is 1.99. The molecule has 1 aromatic heterocycles. The third kappa shape index (κ3) is 5.46. The van der Waals surface area contributed by atoms with E-state index in [1.807, 2.05) is 36.5 Å². The largest absolute Gasteiger partial charge is 0.489 e. The standard InChI is InChI=1S/C20H18Cl2N2O/c21-18-6-5-17(20(22)10-18)14-25-19-7-3-15(4-8-19)11-24-13-16-2-1-9-23-12-16/h1-10,12,24H,11,13-14H2. The summed E-state index contributed by atoms with van der Waals surface area (Å²) >= 11 is 12.0. The van der Waals surface area contributed by atoms with E-state index in [-0.39, 0.29) is 0 Å². The van der Waals surface area contributed by atoms with E-state index in [2.05, 4.69) is 28.5 Å². The van der Waals surface area contributed by atoms with Crippen LogP contribution in [0.4, 0.5) is 0 Å². The minimum absolute atomic E-state index is 0.411. The molecule has 0 aliphatic heterocycles. The number of aromatic nitrogens is 1. The van der Waals surface area contributed by atoms with Crippen molar-refractivity contribution in [2.45, 2.75) is 19.7 Å². The lowest BCUT2D eigenvalue weighted by molar-refractivity contribution is 0.306. The Morgan fingerprint density at radius 3 is 2.44 bits per heavy atom. The van der Waals surface area contributed by atoms with E-state index < -0.39 is 0 Å². The van der Waals surface area contributed by atoms with Crippen LogP contribution in [0.3, 0.4) is 0 Å². The van der Waals surface area contributed by atoms with Crippen LogP contribution in [0.25, 0.3) is 0 Å². The maximum atomic E-state index is 6.15. The van der Waals surface area contributed by atoms with Gasteiger partial charge in [-0.15, -0.1) is 0 Å². The second-order valence-electron chi connectivity index (χ2n) is 5.63. The molecule has 0 amide bonds. The molecule has 25 heavy (non-hydrogen) atoms. The highest BCUT2D eigenvalue weighted by molar-refractivity contribution is 6.35. The van der Waals surface area contributed by atoms with E-state index in [0.717, 1.165) is 24.4 Å². The number of rotatable bonds is 7. The molecule has 0 saturated carbocycles. The van der Waals surface area contributed by atoms with E-state index >= 15 is 0 Å². The molecule has 0 aliphatic rings. The van der Waals surface area contributed by atoms with Gasteiger partial charge in [-0.05, 0) is 41.5 Å². The molecule has 2 aromatic carbocycles. The topological polar surface area (TPSA) is 34.1 Å². The maximum absolute atomic E-state index is 6.15. The minimum atomic E-state index is 0.411. The number of hydrogen-bond acceptors (Lipinski definition) is 3. The Kier molecular flexibility index (Phi) is 6.29. The van der Waals surface area contributed by atoms with Gasteiger partial charge in [0.1, 0.15) is 12.4 Å². The molecule has 0 atom stereocenters. The molecule has 0 aliphatic carbocycles. The minimum Gasteiger partial charge on any atom is -0.489 e. The Morgan fingerprint density at radius 2 is 1.72 bits per heavy atom. The summed E-state index contributed by atoms with van der Waals surface area (Å²) in [5.74, 6) is 0.807. The van der Waals surface area contributed by atoms with E-state index in [4.69, 9.17) is 27.9 Å². The van der Waals surface area contributed by atoms with Crippen molar-refractivity contribution >= 4 is 23.2 Å². The number of nitrogens with zero attached hydrogens (tertiary/aromatic N) is 1. The van der Waals surface area contributed by atoms with E-state index in [0.29, 0.717) is 16.7 Å². The number of pyridine rings is 1. The van der Waals surface area contributed by atoms with Crippen molar-refractivity contribution in [3.63, 3.8) is 0 Å². The second kappa shape index (κ2) is 8.86. The van der Waals surface area contributed by atoms with E-state index in [9.17, 15) is 0 Å². The van der Waals surface area contributed by atoms with Gasteiger partial charge in [-0.1, -0.05) is 47.5 Å². The van der Waals surface area contributed by atoms with Crippen molar-refractivity contribution in [1.29, 1.82) is 0 Å². The lowest BCUT2D eigenvalue weighted by Crippen LogP contribution is -2.12. The van der Waals surface area contributed by atoms with Gasteiger partial charge in [-0.2, -0.15) is 0 Å². The predicted molar refractivity (Wildman–Crippen MR) is 102 cm³/mol. The Labute approximate surface area is 157 Å². The average Bonchev–Trinajstić information content (AvgIpc) is 2.63. The van der Waals surface area contributed by atoms with Crippen LogP contribution < -0.4 is 10.1 Å². The van der Waals surface area contributed by atoms with E-state index in [1.54, 1.807) is 12.3 Å². The number of halogens is 2. The smallest absolute Gasteiger partial charge is 0.119 e. The van der Waals surface area contributed by atoms with Crippen LogP contribution in [-0.4, -0.2) is 4.98 Å². The Hall–Kier alpha value is -2.07. The van der Waals surface area contributed by atoms with Gasteiger partial charge in [0.15, 0.2) is 0 Å². The summed E-state index contributed by atoms with van der Waals surface area (Å²) in [4.78, 5) is 4.11. The van der Waals surface area contributed by atoms with Crippen LogP contribution in [0.1, 0.15) is 16.7 Å². The van der Waals surface area contributed by atoms with Crippen LogP contribution in [0.5, 0.6) is 5.75 Å². The monoisotopic (exact) mass is 372 g/mol. The molecule has 1 N–H and O–H groups in total. The van der Waals surface area contributed by atoms with Crippen molar-refractivity contribution in [1.82, 2.24) is 10.3 Å². The lowest BCUT2D eigenvalue weighted by atomic mass is 10.2. The summed E-state index contributed by atoms with van der Waals surface area (Å²) < 4.78 is 5.79. The molecular weight excluding hydrogens is 355 g/mol. The van der Waals surface area contributed by atoms with Gasteiger partial charge in [-0.25, -0.2) is 0 Å². The van der Waals surface area contributed by atoms with Crippen LogP contribution in [0.2, 0.25) is 10.0 Å². The summed E-state index contributed by atoms with van der Waals surface area (Å²) in [5.41, 5.74) is 3.27. The summed E-state index contributed by atoms with van der Waals surface area (Å²) in [6, 6.07) is 17.4. The van der Waals surface area contributed by atoms with Crippen LogP contribution >= 0.6 is 23.2 Å². The van der Waals surface area contributed by atoms with Crippen molar-refractivity contribution in [2.24, 2.45) is 0 Å². The van der Waals surface area contributed by atoms with E-state index in [1.165, 1.54) is 11.1 Å². The Balaban J connectivity index is 1.48. The maximum Gasteiger partial charge on any atom is 0.119 e. The third-order valence-electron chi connectivity index (χ3n) is 3.71. The highest BCUT2D eigenvalue weighted by atomic mass is 35.5. The second-order valence-corrected chi connectivity index (χ2v) is 6.48. The van der Waals surface area contributed by atoms with Gasteiger partial charge in [0, 0.05) is 41.1 Å². The predicted octanol–water partition coefficient (Wildman–Crippen LogP) is 5.26. The number of nitrogens with one attached hydrogen (secondary N) is 1. The molecule has 3 nitrogen and oxygen atoms in total. The van der Waals surface area contributed by atoms with Crippen molar-refractivity contribution in [3.8, 4) is 5.75 Å². The zero-order valence-corrected chi connectivity index (χ0v) is 15.1. The highest BCUT2D eigenvalue weighted by Gasteiger charge is 2.03. The van der Waals surface area contributed by atoms with Gasteiger partial charge in [-0.3, -0.25) is 4.98 Å². The van der Waals surface area contributed by atoms with Crippen LogP contribution in [0.15, 0.2) is 67.0 Å². The fourth-order valence-corrected chi connectivity index (χ4v) is 2.82. The molecule has 0 spiro atoms. The zero-order chi connectivity index (χ0) is 17.5. The van der Waals surface area contributed by atoms with Gasteiger partial charge < -0.3 is 10.1 Å². The first-order valence-electron chi connectivity index (χ1n) is 7.96. The van der Waals surface area contributed by atoms with Crippen molar-refractivity contribution in [2.75, 3.05) is 0 Å². The number of benzene rings is 2.